The molecule has 3 N–H and O–H groups in total. The van der Waals surface area contributed by atoms with Crippen molar-refractivity contribution in [3.63, 3.8) is 0 Å². The van der Waals surface area contributed by atoms with Crippen molar-refractivity contribution in [3.05, 3.63) is 0 Å². The average Bonchev–Trinajstić information content (AvgIpc) is 2.51. The summed E-state index contributed by atoms with van der Waals surface area (Å²) in [6, 6.07) is 0.000548. The predicted molar refractivity (Wildman–Crippen MR) is 90.9 cm³/mol. The minimum absolute atomic E-state index is 0.000548. The summed E-state index contributed by atoms with van der Waals surface area (Å²) >= 11 is 0. The van der Waals surface area contributed by atoms with Gasteiger partial charge in [-0.25, -0.2) is 0 Å². The molecule has 0 bridgehead atoms. The van der Waals surface area contributed by atoms with E-state index in [9.17, 15) is 15.3 Å². The minimum Gasteiger partial charge on any atom is -0.389 e. The number of piperidine rings is 1. The molecule has 1 rings (SSSR count). The van der Waals surface area contributed by atoms with E-state index in [2.05, 4.69) is 18.7 Å². The molecular weight excluding hydrogens is 278 g/mol. The Morgan fingerprint density at radius 1 is 0.773 bits per heavy atom. The third-order valence-corrected chi connectivity index (χ3v) is 4.93. The number of hydrogen-bond donors (Lipinski definition) is 3. The topological polar surface area (TPSA) is 63.9 Å². The molecule has 0 spiro atoms. The van der Waals surface area contributed by atoms with Gasteiger partial charge in [0.2, 0.25) is 0 Å². The monoisotopic (exact) mass is 315 g/mol. The molecule has 1 fully saturated rings. The molecular formula is C18H37NO3. The molecule has 0 saturated carbocycles. The van der Waals surface area contributed by atoms with Crippen LogP contribution in [0.25, 0.3) is 0 Å². The van der Waals surface area contributed by atoms with E-state index in [4.69, 9.17) is 0 Å². The van der Waals surface area contributed by atoms with Crippen LogP contribution in [0.4, 0.5) is 0 Å². The molecule has 0 aliphatic carbocycles. The first-order valence-corrected chi connectivity index (χ1v) is 9.40. The van der Waals surface area contributed by atoms with Crippen LogP contribution in [0.15, 0.2) is 0 Å². The van der Waals surface area contributed by atoms with Crippen LogP contribution in [0, 0.1) is 0 Å². The molecule has 1 aliphatic rings. The molecule has 4 nitrogen and oxygen atoms in total. The lowest BCUT2D eigenvalue weighted by atomic mass is 9.90. The van der Waals surface area contributed by atoms with Gasteiger partial charge in [0.25, 0.3) is 0 Å². The minimum atomic E-state index is -0.993. The van der Waals surface area contributed by atoms with Gasteiger partial charge < -0.3 is 15.3 Å². The molecule has 0 aromatic rings. The van der Waals surface area contributed by atoms with E-state index < -0.39 is 18.3 Å². The van der Waals surface area contributed by atoms with E-state index in [1.165, 1.54) is 38.5 Å². The summed E-state index contributed by atoms with van der Waals surface area (Å²) in [5.74, 6) is 0. The molecule has 132 valence electrons. The molecule has 22 heavy (non-hydrogen) atoms. The molecule has 4 atom stereocenters. The van der Waals surface area contributed by atoms with Gasteiger partial charge in [0.15, 0.2) is 0 Å². The third kappa shape index (κ3) is 6.53. The first kappa shape index (κ1) is 19.9. The van der Waals surface area contributed by atoms with Gasteiger partial charge in [-0.05, 0) is 19.4 Å². The molecule has 1 aliphatic heterocycles. The van der Waals surface area contributed by atoms with E-state index >= 15 is 0 Å². The summed E-state index contributed by atoms with van der Waals surface area (Å²) in [7, 11) is 0. The maximum Gasteiger partial charge on any atom is 0.108 e. The first-order chi connectivity index (χ1) is 10.6. The first-order valence-electron chi connectivity index (χ1n) is 9.40. The number of aliphatic hydroxyl groups excluding tert-OH is 3. The Morgan fingerprint density at radius 3 is 2.00 bits per heavy atom. The standard InChI is InChI=1S/C18H37NO3/c1-3-5-7-8-9-10-11-12-15-17(21)18(22)16(20)14-19(15)13-6-4-2/h15-18,20-22H,3-14H2,1-2H3/t15-,16-,17?,18-/m0/s1. The fourth-order valence-corrected chi connectivity index (χ4v) is 3.44. The van der Waals surface area contributed by atoms with E-state index in [1.807, 2.05) is 0 Å². The second-order valence-electron chi connectivity index (χ2n) is 6.87. The number of likely N-dealkylation sites (tertiary alicyclic amines) is 1. The number of nitrogens with zero attached hydrogens (tertiary/aromatic N) is 1. The van der Waals surface area contributed by atoms with Gasteiger partial charge in [-0.1, -0.05) is 65.2 Å². The third-order valence-electron chi connectivity index (χ3n) is 4.93. The zero-order valence-corrected chi connectivity index (χ0v) is 14.6. The van der Waals surface area contributed by atoms with Crippen molar-refractivity contribution in [2.24, 2.45) is 0 Å². The molecule has 4 heteroatoms. The van der Waals surface area contributed by atoms with E-state index in [-0.39, 0.29) is 6.04 Å². The Hall–Kier alpha value is -0.160. The number of rotatable bonds is 11. The number of hydrogen-bond acceptors (Lipinski definition) is 4. The fourth-order valence-electron chi connectivity index (χ4n) is 3.44. The van der Waals surface area contributed by atoms with Crippen LogP contribution in [0.3, 0.4) is 0 Å². The summed E-state index contributed by atoms with van der Waals surface area (Å²) in [6.45, 7) is 5.77. The second kappa shape index (κ2) is 11.4. The van der Waals surface area contributed by atoms with E-state index in [0.717, 1.165) is 32.2 Å². The van der Waals surface area contributed by atoms with E-state index in [0.29, 0.717) is 6.54 Å². The van der Waals surface area contributed by atoms with Gasteiger partial charge >= 0.3 is 0 Å². The molecule has 0 aromatic carbocycles. The van der Waals surface area contributed by atoms with Crippen LogP contribution < -0.4 is 0 Å². The number of aliphatic hydroxyl groups is 3. The smallest absolute Gasteiger partial charge is 0.108 e. The fraction of sp³-hybridized carbons (Fsp3) is 1.00. The normalized spacial score (nSPS) is 29.9. The lowest BCUT2D eigenvalue weighted by Crippen LogP contribution is -2.61. The molecule has 1 heterocycles. The van der Waals surface area contributed by atoms with Gasteiger partial charge in [0, 0.05) is 12.6 Å². The Labute approximate surface area is 136 Å². The van der Waals surface area contributed by atoms with Gasteiger partial charge in [-0.3, -0.25) is 4.90 Å². The van der Waals surface area contributed by atoms with Crippen LogP contribution in [0.1, 0.15) is 78.1 Å². The maximum atomic E-state index is 10.3. The summed E-state index contributed by atoms with van der Waals surface area (Å²) in [5, 5.41) is 30.1. The van der Waals surface area contributed by atoms with Crippen molar-refractivity contribution in [2.45, 2.75) is 102 Å². The Kier molecular flexibility index (Phi) is 10.3. The van der Waals surface area contributed by atoms with Gasteiger partial charge in [0.1, 0.15) is 6.10 Å². The lowest BCUT2D eigenvalue weighted by molar-refractivity contribution is -0.138. The highest BCUT2D eigenvalue weighted by atomic mass is 16.4. The summed E-state index contributed by atoms with van der Waals surface area (Å²) < 4.78 is 0. The van der Waals surface area contributed by atoms with Gasteiger partial charge in [-0.2, -0.15) is 0 Å². The van der Waals surface area contributed by atoms with Crippen LogP contribution in [-0.4, -0.2) is 57.7 Å². The molecule has 0 aromatic heterocycles. The maximum absolute atomic E-state index is 10.3. The van der Waals surface area contributed by atoms with Crippen molar-refractivity contribution < 1.29 is 15.3 Å². The molecule has 0 radical (unpaired) electrons. The highest BCUT2D eigenvalue weighted by Gasteiger charge is 2.40. The van der Waals surface area contributed by atoms with Crippen molar-refractivity contribution in [3.8, 4) is 0 Å². The van der Waals surface area contributed by atoms with Crippen molar-refractivity contribution in [2.75, 3.05) is 13.1 Å². The molecule has 1 saturated heterocycles. The second-order valence-corrected chi connectivity index (χ2v) is 6.87. The van der Waals surface area contributed by atoms with Crippen LogP contribution >= 0.6 is 0 Å². The van der Waals surface area contributed by atoms with Gasteiger partial charge in [0.05, 0.1) is 12.2 Å². The van der Waals surface area contributed by atoms with Crippen LogP contribution in [0.5, 0.6) is 0 Å². The quantitative estimate of drug-likeness (QED) is 0.513. The zero-order chi connectivity index (χ0) is 16.4. The van der Waals surface area contributed by atoms with Crippen LogP contribution in [0.2, 0.25) is 0 Å². The average molecular weight is 315 g/mol. The highest BCUT2D eigenvalue weighted by Crippen LogP contribution is 2.24. The summed E-state index contributed by atoms with van der Waals surface area (Å²) in [5.41, 5.74) is 0. The Morgan fingerprint density at radius 2 is 1.36 bits per heavy atom. The zero-order valence-electron chi connectivity index (χ0n) is 14.6. The number of β-amino-alcohol motifs (C(OH)–C–C–N with tert-alkyl or cyclic N) is 1. The van der Waals surface area contributed by atoms with Gasteiger partial charge in [-0.15, -0.1) is 0 Å². The lowest BCUT2D eigenvalue weighted by Gasteiger charge is -2.44. The highest BCUT2D eigenvalue weighted by molar-refractivity contribution is 4.94. The number of unbranched alkanes of at least 4 members (excludes halogenated alkanes) is 7. The predicted octanol–water partition coefficient (Wildman–Crippen LogP) is 2.69. The summed E-state index contributed by atoms with van der Waals surface area (Å²) in [4.78, 5) is 2.18. The largest absolute Gasteiger partial charge is 0.389 e. The molecule has 0 amide bonds. The van der Waals surface area contributed by atoms with Crippen molar-refractivity contribution >= 4 is 0 Å². The Bertz CT molecular complexity index is 275. The molecule has 1 unspecified atom stereocenters. The van der Waals surface area contributed by atoms with Crippen LogP contribution in [-0.2, 0) is 0 Å². The SMILES string of the molecule is CCCCCCCCC[C@H]1C(O)[C@@H](O)[C@@H](O)CN1CCCC. The van der Waals surface area contributed by atoms with Crippen molar-refractivity contribution in [1.82, 2.24) is 4.90 Å². The van der Waals surface area contributed by atoms with E-state index in [1.54, 1.807) is 0 Å². The Balaban J connectivity index is 2.34. The van der Waals surface area contributed by atoms with Crippen molar-refractivity contribution in [1.29, 1.82) is 0 Å². The summed E-state index contributed by atoms with van der Waals surface area (Å²) in [6.07, 6.45) is 9.27.